The summed E-state index contributed by atoms with van der Waals surface area (Å²) in [6.45, 7) is 3.85. The second-order valence-corrected chi connectivity index (χ2v) is 7.83. The molecule has 3 aromatic rings. The zero-order valence-electron chi connectivity index (χ0n) is 16.6. The summed E-state index contributed by atoms with van der Waals surface area (Å²) in [5.41, 5.74) is 0.902. The number of hydrogen-bond acceptors (Lipinski definition) is 5. The molecule has 7 nitrogen and oxygen atoms in total. The summed E-state index contributed by atoms with van der Waals surface area (Å²) < 4.78 is 27.9. The highest BCUT2D eigenvalue weighted by molar-refractivity contribution is 7.99. The van der Waals surface area contributed by atoms with Gasteiger partial charge in [0.15, 0.2) is 22.6 Å². The first-order valence-corrected chi connectivity index (χ1v) is 10.7. The molecule has 3 rings (SSSR count). The Balaban J connectivity index is 1.55. The number of allylic oxidation sites excluding steroid dienone is 1. The van der Waals surface area contributed by atoms with Crippen molar-refractivity contribution in [2.45, 2.75) is 11.7 Å². The number of nitrogens with zero attached hydrogens (tertiary/aromatic N) is 3. The SMILES string of the molecule is C=CCn1c(SCC(=O)NCC(=O)Nc2ccc(F)c(F)c2)nnc1-c1ccc(Cl)cc1. The zero-order chi connectivity index (χ0) is 23.1. The number of nitrogens with one attached hydrogen (secondary N) is 2. The summed E-state index contributed by atoms with van der Waals surface area (Å²) in [4.78, 5) is 24.1. The van der Waals surface area contributed by atoms with Crippen molar-refractivity contribution in [3.05, 3.63) is 71.8 Å². The Labute approximate surface area is 191 Å². The summed E-state index contributed by atoms with van der Waals surface area (Å²) in [7, 11) is 0. The maximum atomic E-state index is 13.2. The molecule has 0 saturated carbocycles. The van der Waals surface area contributed by atoms with Crippen molar-refractivity contribution >= 4 is 40.9 Å². The Kier molecular flexibility index (Phi) is 7.96. The molecule has 0 spiro atoms. The van der Waals surface area contributed by atoms with E-state index >= 15 is 0 Å². The largest absolute Gasteiger partial charge is 0.346 e. The smallest absolute Gasteiger partial charge is 0.243 e. The van der Waals surface area contributed by atoms with Crippen LogP contribution in [0.5, 0.6) is 0 Å². The molecule has 11 heteroatoms. The molecule has 2 N–H and O–H groups in total. The fourth-order valence-electron chi connectivity index (χ4n) is 2.64. The summed E-state index contributed by atoms with van der Waals surface area (Å²) in [5.74, 6) is -2.48. The van der Waals surface area contributed by atoms with Crippen molar-refractivity contribution < 1.29 is 18.4 Å². The fourth-order valence-corrected chi connectivity index (χ4v) is 3.54. The molecule has 0 atom stereocenters. The van der Waals surface area contributed by atoms with E-state index in [2.05, 4.69) is 27.4 Å². The molecule has 166 valence electrons. The van der Waals surface area contributed by atoms with Gasteiger partial charge in [-0.2, -0.15) is 0 Å². The highest BCUT2D eigenvalue weighted by Crippen LogP contribution is 2.25. The summed E-state index contributed by atoms with van der Waals surface area (Å²) in [6.07, 6.45) is 1.69. The Morgan fingerprint density at radius 3 is 2.53 bits per heavy atom. The number of aromatic nitrogens is 3. The van der Waals surface area contributed by atoms with Crippen molar-refractivity contribution in [1.29, 1.82) is 0 Å². The van der Waals surface area contributed by atoms with Gasteiger partial charge in [0.05, 0.1) is 12.3 Å². The monoisotopic (exact) mass is 477 g/mol. The molecule has 0 radical (unpaired) electrons. The number of amides is 2. The Bertz CT molecular complexity index is 1140. The van der Waals surface area contributed by atoms with Gasteiger partial charge in [-0.3, -0.25) is 14.2 Å². The highest BCUT2D eigenvalue weighted by Gasteiger charge is 2.15. The van der Waals surface area contributed by atoms with E-state index in [4.69, 9.17) is 11.6 Å². The van der Waals surface area contributed by atoms with Crippen LogP contribution in [0.4, 0.5) is 14.5 Å². The molecular weight excluding hydrogens is 460 g/mol. The van der Waals surface area contributed by atoms with E-state index in [1.807, 2.05) is 16.7 Å². The molecule has 0 aliphatic rings. The van der Waals surface area contributed by atoms with E-state index in [1.54, 1.807) is 18.2 Å². The van der Waals surface area contributed by atoms with E-state index in [1.165, 1.54) is 6.07 Å². The minimum Gasteiger partial charge on any atom is -0.346 e. The van der Waals surface area contributed by atoms with Gasteiger partial charge in [-0.25, -0.2) is 8.78 Å². The third kappa shape index (κ3) is 6.14. The van der Waals surface area contributed by atoms with Crippen LogP contribution < -0.4 is 10.6 Å². The zero-order valence-corrected chi connectivity index (χ0v) is 18.2. The van der Waals surface area contributed by atoms with Crippen LogP contribution in [0.1, 0.15) is 0 Å². The van der Waals surface area contributed by atoms with Gasteiger partial charge < -0.3 is 10.6 Å². The average Bonchev–Trinajstić information content (AvgIpc) is 3.17. The molecular formula is C21H18ClF2N5O2S. The van der Waals surface area contributed by atoms with E-state index < -0.39 is 23.4 Å². The van der Waals surface area contributed by atoms with Crippen LogP contribution in [0, 0.1) is 11.6 Å². The van der Waals surface area contributed by atoms with E-state index in [0.29, 0.717) is 22.5 Å². The molecule has 2 aromatic carbocycles. The number of halogens is 3. The Morgan fingerprint density at radius 2 is 1.84 bits per heavy atom. The van der Waals surface area contributed by atoms with Crippen molar-refractivity contribution in [3.8, 4) is 11.4 Å². The lowest BCUT2D eigenvalue weighted by Gasteiger charge is -2.09. The number of carbonyl (C=O) groups is 2. The molecule has 0 bridgehead atoms. The standard InChI is InChI=1S/C21H18ClF2N5O2S/c1-2-9-29-20(13-3-5-14(22)6-4-13)27-28-21(29)32-12-19(31)25-11-18(30)26-15-7-8-16(23)17(24)10-15/h2-8,10H,1,9,11-12H2,(H,25,31)(H,26,30). The van der Waals surface area contributed by atoms with Crippen molar-refractivity contribution in [3.63, 3.8) is 0 Å². The predicted molar refractivity (Wildman–Crippen MR) is 119 cm³/mol. The number of benzene rings is 2. The molecule has 1 aromatic heterocycles. The third-order valence-electron chi connectivity index (χ3n) is 4.11. The number of thioether (sulfide) groups is 1. The minimum atomic E-state index is -1.08. The van der Waals surface area contributed by atoms with Gasteiger partial charge in [-0.15, -0.1) is 16.8 Å². The van der Waals surface area contributed by atoms with Crippen LogP contribution in [-0.2, 0) is 16.1 Å². The van der Waals surface area contributed by atoms with E-state index in [-0.39, 0.29) is 18.0 Å². The lowest BCUT2D eigenvalue weighted by molar-refractivity contribution is -0.122. The summed E-state index contributed by atoms with van der Waals surface area (Å²) >= 11 is 7.09. The second-order valence-electron chi connectivity index (χ2n) is 6.45. The molecule has 0 fully saturated rings. The van der Waals surface area contributed by atoms with Gasteiger partial charge in [-0.1, -0.05) is 29.4 Å². The number of rotatable bonds is 9. The highest BCUT2D eigenvalue weighted by atomic mass is 35.5. The van der Waals surface area contributed by atoms with Gasteiger partial charge in [0.1, 0.15) is 0 Å². The van der Waals surface area contributed by atoms with Crippen LogP contribution in [0.15, 0.2) is 60.3 Å². The molecule has 0 aliphatic carbocycles. The van der Waals surface area contributed by atoms with E-state index in [9.17, 15) is 18.4 Å². The second kappa shape index (κ2) is 10.9. The van der Waals surface area contributed by atoms with Crippen LogP contribution in [0.2, 0.25) is 5.02 Å². The summed E-state index contributed by atoms with van der Waals surface area (Å²) in [5, 5.41) is 14.3. The normalized spacial score (nSPS) is 10.6. The third-order valence-corrected chi connectivity index (χ3v) is 5.33. The number of anilines is 1. The maximum absolute atomic E-state index is 13.2. The van der Waals surface area contributed by atoms with Crippen molar-refractivity contribution in [2.24, 2.45) is 0 Å². The van der Waals surface area contributed by atoms with Gasteiger partial charge in [0, 0.05) is 28.9 Å². The lowest BCUT2D eigenvalue weighted by Crippen LogP contribution is -2.34. The van der Waals surface area contributed by atoms with E-state index in [0.717, 1.165) is 29.5 Å². The van der Waals surface area contributed by atoms with Gasteiger partial charge in [0.25, 0.3) is 0 Å². The molecule has 1 heterocycles. The summed E-state index contributed by atoms with van der Waals surface area (Å²) in [6, 6.07) is 10.1. The minimum absolute atomic E-state index is 0.00560. The quantitative estimate of drug-likeness (QED) is 0.360. The van der Waals surface area contributed by atoms with Gasteiger partial charge in [0.2, 0.25) is 11.8 Å². The Hall–Kier alpha value is -3.24. The lowest BCUT2D eigenvalue weighted by atomic mass is 10.2. The Morgan fingerprint density at radius 1 is 1.09 bits per heavy atom. The molecule has 2 amide bonds. The van der Waals surface area contributed by atoms with Crippen molar-refractivity contribution in [2.75, 3.05) is 17.6 Å². The number of carbonyl (C=O) groups excluding carboxylic acids is 2. The van der Waals surface area contributed by atoms with Crippen LogP contribution in [0.3, 0.4) is 0 Å². The van der Waals surface area contributed by atoms with Gasteiger partial charge in [-0.05, 0) is 36.4 Å². The fraction of sp³-hybridized carbons (Fsp3) is 0.143. The predicted octanol–water partition coefficient (Wildman–Crippen LogP) is 3.91. The first-order chi connectivity index (χ1) is 15.4. The van der Waals surface area contributed by atoms with Crippen LogP contribution in [-0.4, -0.2) is 38.9 Å². The molecule has 0 saturated heterocycles. The van der Waals surface area contributed by atoms with Gasteiger partial charge >= 0.3 is 0 Å². The topological polar surface area (TPSA) is 88.9 Å². The molecule has 0 unspecified atom stereocenters. The van der Waals surface area contributed by atoms with Crippen molar-refractivity contribution in [1.82, 2.24) is 20.1 Å². The first-order valence-electron chi connectivity index (χ1n) is 9.32. The molecule has 32 heavy (non-hydrogen) atoms. The molecule has 0 aliphatic heterocycles. The maximum Gasteiger partial charge on any atom is 0.243 e. The first kappa shape index (κ1) is 23.4. The van der Waals surface area contributed by atoms with Crippen LogP contribution >= 0.6 is 23.4 Å². The number of hydrogen-bond donors (Lipinski definition) is 2. The van der Waals surface area contributed by atoms with Crippen LogP contribution in [0.25, 0.3) is 11.4 Å². The average molecular weight is 478 g/mol.